The largest absolute Gasteiger partial charge is 0.352 e. The third-order valence-electron chi connectivity index (χ3n) is 4.81. The number of nitrogens with zero attached hydrogens (tertiary/aromatic N) is 3. The van der Waals surface area contributed by atoms with E-state index in [2.05, 4.69) is 10.4 Å². The molecule has 6 nitrogen and oxygen atoms in total. The maximum absolute atomic E-state index is 12.5. The zero-order valence-corrected chi connectivity index (χ0v) is 16.6. The molecule has 2 aromatic rings. The molecule has 2 amide bonds. The first kappa shape index (κ1) is 19.4. The number of carbonyl (C=O) groups is 2. The third-order valence-corrected chi connectivity index (χ3v) is 5.19. The Bertz CT molecular complexity index is 829. The number of benzene rings is 1. The second kappa shape index (κ2) is 8.57. The minimum absolute atomic E-state index is 0.206. The lowest BCUT2D eigenvalue weighted by Gasteiger charge is -2.15. The van der Waals surface area contributed by atoms with Crippen molar-refractivity contribution in [3.63, 3.8) is 0 Å². The second-order valence-electron chi connectivity index (χ2n) is 6.99. The molecule has 144 valence electrons. The number of amides is 2. The van der Waals surface area contributed by atoms with Gasteiger partial charge in [-0.15, -0.1) is 0 Å². The molecular formula is C20H25ClN4O2. The highest BCUT2D eigenvalue weighted by Crippen LogP contribution is 2.21. The van der Waals surface area contributed by atoms with E-state index in [1.807, 2.05) is 36.1 Å². The summed E-state index contributed by atoms with van der Waals surface area (Å²) in [6.45, 7) is 6.35. The zero-order chi connectivity index (χ0) is 19.4. The number of likely N-dealkylation sites (tertiary alicyclic amines) is 1. The van der Waals surface area contributed by atoms with Crippen molar-refractivity contribution in [2.75, 3.05) is 19.6 Å². The van der Waals surface area contributed by atoms with Crippen molar-refractivity contribution >= 4 is 23.4 Å². The zero-order valence-electron chi connectivity index (χ0n) is 15.8. The molecule has 0 unspecified atom stereocenters. The summed E-state index contributed by atoms with van der Waals surface area (Å²) < 4.78 is 1.65. The van der Waals surface area contributed by atoms with Crippen LogP contribution in [0.5, 0.6) is 0 Å². The molecule has 1 aliphatic heterocycles. The van der Waals surface area contributed by atoms with Gasteiger partial charge in [0.25, 0.3) is 5.91 Å². The van der Waals surface area contributed by atoms with Crippen molar-refractivity contribution in [3.8, 4) is 0 Å². The highest BCUT2D eigenvalue weighted by molar-refractivity contribution is 6.33. The molecule has 1 aromatic heterocycles. The van der Waals surface area contributed by atoms with Gasteiger partial charge >= 0.3 is 0 Å². The Hall–Kier alpha value is -2.34. The predicted octanol–water partition coefficient (Wildman–Crippen LogP) is 2.94. The lowest BCUT2D eigenvalue weighted by Crippen LogP contribution is -2.30. The van der Waals surface area contributed by atoms with Crippen LogP contribution in [-0.2, 0) is 11.3 Å². The average Bonchev–Trinajstić information content (AvgIpc) is 3.16. The molecule has 0 saturated carbocycles. The van der Waals surface area contributed by atoms with Gasteiger partial charge in [0.2, 0.25) is 5.91 Å². The molecule has 1 aliphatic rings. The van der Waals surface area contributed by atoms with Crippen LogP contribution in [-0.4, -0.2) is 46.1 Å². The van der Waals surface area contributed by atoms with Crippen LogP contribution in [0, 0.1) is 13.8 Å². The van der Waals surface area contributed by atoms with E-state index in [1.165, 1.54) is 5.56 Å². The summed E-state index contributed by atoms with van der Waals surface area (Å²) in [4.78, 5) is 26.0. The van der Waals surface area contributed by atoms with Crippen LogP contribution < -0.4 is 5.32 Å². The van der Waals surface area contributed by atoms with Gasteiger partial charge in [0.1, 0.15) is 5.15 Å². The summed E-state index contributed by atoms with van der Waals surface area (Å²) in [5, 5.41) is 7.66. The van der Waals surface area contributed by atoms with Crippen LogP contribution in [0.4, 0.5) is 0 Å². The number of hydrogen-bond acceptors (Lipinski definition) is 3. The Kier molecular flexibility index (Phi) is 6.16. The van der Waals surface area contributed by atoms with Crippen molar-refractivity contribution in [2.45, 2.75) is 39.7 Å². The summed E-state index contributed by atoms with van der Waals surface area (Å²) in [6, 6.07) is 8.14. The summed E-state index contributed by atoms with van der Waals surface area (Å²) in [7, 11) is 0. The van der Waals surface area contributed by atoms with Crippen molar-refractivity contribution in [1.29, 1.82) is 0 Å². The SMILES string of the molecule is Cc1ccc(Cn2nc(C)c(C(=O)NCCCN3CCCC3=O)c2Cl)cc1. The fourth-order valence-corrected chi connectivity index (χ4v) is 3.60. The molecule has 7 heteroatoms. The molecule has 0 bridgehead atoms. The molecule has 0 radical (unpaired) electrons. The van der Waals surface area contributed by atoms with Crippen LogP contribution in [0.25, 0.3) is 0 Å². The van der Waals surface area contributed by atoms with Gasteiger partial charge in [0.05, 0.1) is 17.8 Å². The molecule has 0 spiro atoms. The van der Waals surface area contributed by atoms with E-state index >= 15 is 0 Å². The van der Waals surface area contributed by atoms with Crippen molar-refractivity contribution < 1.29 is 9.59 Å². The van der Waals surface area contributed by atoms with Gasteiger partial charge in [-0.1, -0.05) is 41.4 Å². The van der Waals surface area contributed by atoms with Gasteiger partial charge in [-0.05, 0) is 32.3 Å². The number of nitrogens with one attached hydrogen (secondary N) is 1. The molecule has 1 fully saturated rings. The smallest absolute Gasteiger partial charge is 0.256 e. The number of aromatic nitrogens is 2. The number of halogens is 1. The summed E-state index contributed by atoms with van der Waals surface area (Å²) in [6.07, 6.45) is 2.30. The molecule has 1 N–H and O–H groups in total. The number of rotatable bonds is 7. The highest BCUT2D eigenvalue weighted by Gasteiger charge is 2.21. The normalized spacial score (nSPS) is 14.0. The van der Waals surface area contributed by atoms with Crippen molar-refractivity contribution in [2.24, 2.45) is 0 Å². The maximum Gasteiger partial charge on any atom is 0.256 e. The Labute approximate surface area is 164 Å². The van der Waals surface area contributed by atoms with E-state index in [0.717, 1.165) is 24.9 Å². The highest BCUT2D eigenvalue weighted by atomic mass is 35.5. The van der Waals surface area contributed by atoms with E-state index in [9.17, 15) is 9.59 Å². The topological polar surface area (TPSA) is 67.2 Å². The maximum atomic E-state index is 12.5. The van der Waals surface area contributed by atoms with Crippen molar-refractivity contribution in [1.82, 2.24) is 20.0 Å². The van der Waals surface area contributed by atoms with Crippen LogP contribution in [0.3, 0.4) is 0 Å². The Morgan fingerprint density at radius 2 is 2.00 bits per heavy atom. The standard InChI is InChI=1S/C20H25ClN4O2/c1-14-6-8-16(9-7-14)13-25-19(21)18(15(2)23-25)20(27)22-10-4-12-24-11-3-5-17(24)26/h6-9H,3-5,10-13H2,1-2H3,(H,22,27). The fraction of sp³-hybridized carbons (Fsp3) is 0.450. The summed E-state index contributed by atoms with van der Waals surface area (Å²) in [5.74, 6) is -0.0157. The van der Waals surface area contributed by atoms with E-state index in [0.29, 0.717) is 42.5 Å². The Morgan fingerprint density at radius 1 is 1.26 bits per heavy atom. The minimum atomic E-state index is -0.222. The quantitative estimate of drug-likeness (QED) is 0.741. The van der Waals surface area contributed by atoms with Crippen LogP contribution in [0.2, 0.25) is 5.15 Å². The summed E-state index contributed by atoms with van der Waals surface area (Å²) >= 11 is 6.43. The number of carbonyl (C=O) groups excluding carboxylic acids is 2. The lowest BCUT2D eigenvalue weighted by molar-refractivity contribution is -0.127. The van der Waals surface area contributed by atoms with Gasteiger partial charge in [-0.2, -0.15) is 5.10 Å². The Balaban J connectivity index is 1.57. The lowest BCUT2D eigenvalue weighted by atomic mass is 10.1. The molecule has 1 saturated heterocycles. The fourth-order valence-electron chi connectivity index (χ4n) is 3.28. The van der Waals surface area contributed by atoms with Gasteiger partial charge in [-0.3, -0.25) is 9.59 Å². The summed E-state index contributed by atoms with van der Waals surface area (Å²) in [5.41, 5.74) is 3.30. The van der Waals surface area contributed by atoms with E-state index in [1.54, 1.807) is 11.6 Å². The van der Waals surface area contributed by atoms with Crippen LogP contribution >= 0.6 is 11.6 Å². The number of hydrogen-bond donors (Lipinski definition) is 1. The second-order valence-corrected chi connectivity index (χ2v) is 7.35. The van der Waals surface area contributed by atoms with Gasteiger partial charge in [0, 0.05) is 26.1 Å². The van der Waals surface area contributed by atoms with E-state index in [-0.39, 0.29) is 11.8 Å². The molecule has 0 atom stereocenters. The van der Waals surface area contributed by atoms with Gasteiger partial charge < -0.3 is 10.2 Å². The van der Waals surface area contributed by atoms with Crippen molar-refractivity contribution in [3.05, 3.63) is 51.8 Å². The molecular weight excluding hydrogens is 364 g/mol. The Morgan fingerprint density at radius 3 is 2.67 bits per heavy atom. The minimum Gasteiger partial charge on any atom is -0.352 e. The first-order chi connectivity index (χ1) is 13.0. The van der Waals surface area contributed by atoms with Gasteiger partial charge in [0.15, 0.2) is 0 Å². The van der Waals surface area contributed by atoms with Crippen LogP contribution in [0.15, 0.2) is 24.3 Å². The first-order valence-electron chi connectivity index (χ1n) is 9.30. The first-order valence-corrected chi connectivity index (χ1v) is 9.68. The number of aryl methyl sites for hydroxylation is 2. The molecule has 0 aliphatic carbocycles. The molecule has 1 aromatic carbocycles. The van der Waals surface area contributed by atoms with Gasteiger partial charge in [-0.25, -0.2) is 4.68 Å². The third kappa shape index (κ3) is 4.69. The molecule has 3 rings (SSSR count). The van der Waals surface area contributed by atoms with E-state index < -0.39 is 0 Å². The predicted molar refractivity (Wildman–Crippen MR) is 105 cm³/mol. The molecule has 27 heavy (non-hydrogen) atoms. The van der Waals surface area contributed by atoms with Crippen LogP contribution in [0.1, 0.15) is 46.4 Å². The monoisotopic (exact) mass is 388 g/mol. The molecule has 2 heterocycles. The van der Waals surface area contributed by atoms with E-state index in [4.69, 9.17) is 11.6 Å². The average molecular weight is 389 g/mol.